The molecular formula is C19H25N3O3S. The fourth-order valence-electron chi connectivity index (χ4n) is 2.41. The molecule has 0 unspecified atom stereocenters. The molecule has 1 aromatic carbocycles. The van der Waals surface area contributed by atoms with Crippen LogP contribution in [0.25, 0.3) is 0 Å². The molecule has 0 aliphatic carbocycles. The lowest BCUT2D eigenvalue weighted by Crippen LogP contribution is -2.40. The van der Waals surface area contributed by atoms with E-state index in [1.807, 2.05) is 44.2 Å². The van der Waals surface area contributed by atoms with Gasteiger partial charge < -0.3 is 15.0 Å². The standard InChI is InChI=1S/C19H25N3O3S/c1-14-15(2)26-19(20-14)21-17(23)13-22(11-12-25-3)18(24)10-9-16-7-5-4-6-8-16/h4-8H,9-13H2,1-3H3,(H,20,21,23). The highest BCUT2D eigenvalue weighted by atomic mass is 32.1. The average Bonchev–Trinajstić information content (AvgIpc) is 2.94. The molecule has 0 bridgehead atoms. The molecule has 1 heterocycles. The predicted octanol–water partition coefficient (Wildman–Crippen LogP) is 2.81. The van der Waals surface area contributed by atoms with E-state index in [9.17, 15) is 9.59 Å². The van der Waals surface area contributed by atoms with Gasteiger partial charge in [-0.2, -0.15) is 0 Å². The van der Waals surface area contributed by atoms with Gasteiger partial charge in [0.25, 0.3) is 0 Å². The van der Waals surface area contributed by atoms with Gasteiger partial charge in [-0.3, -0.25) is 9.59 Å². The molecule has 26 heavy (non-hydrogen) atoms. The number of benzene rings is 1. The van der Waals surface area contributed by atoms with Crippen molar-refractivity contribution in [3.8, 4) is 0 Å². The third kappa shape index (κ3) is 6.24. The number of carbonyl (C=O) groups excluding carboxylic acids is 2. The van der Waals surface area contributed by atoms with E-state index in [0.717, 1.165) is 16.1 Å². The van der Waals surface area contributed by atoms with E-state index < -0.39 is 0 Å². The van der Waals surface area contributed by atoms with E-state index in [0.29, 0.717) is 31.1 Å². The Morgan fingerprint density at radius 2 is 1.96 bits per heavy atom. The van der Waals surface area contributed by atoms with E-state index >= 15 is 0 Å². The summed E-state index contributed by atoms with van der Waals surface area (Å²) in [7, 11) is 1.58. The Balaban J connectivity index is 1.92. The van der Waals surface area contributed by atoms with Crippen molar-refractivity contribution in [1.29, 1.82) is 0 Å². The van der Waals surface area contributed by atoms with E-state index in [2.05, 4.69) is 10.3 Å². The van der Waals surface area contributed by atoms with Crippen LogP contribution in [0.2, 0.25) is 0 Å². The van der Waals surface area contributed by atoms with E-state index in [1.54, 1.807) is 7.11 Å². The first-order chi connectivity index (χ1) is 12.5. The number of anilines is 1. The van der Waals surface area contributed by atoms with Crippen LogP contribution in [0.3, 0.4) is 0 Å². The van der Waals surface area contributed by atoms with Crippen molar-refractivity contribution in [2.24, 2.45) is 0 Å². The minimum absolute atomic E-state index is 0.00530. The molecular weight excluding hydrogens is 350 g/mol. The van der Waals surface area contributed by atoms with Crippen molar-refractivity contribution < 1.29 is 14.3 Å². The van der Waals surface area contributed by atoms with Gasteiger partial charge in [-0.1, -0.05) is 30.3 Å². The first-order valence-electron chi connectivity index (χ1n) is 8.54. The molecule has 2 rings (SSSR count). The molecule has 0 aliphatic heterocycles. The molecule has 0 fully saturated rings. The third-order valence-corrected chi connectivity index (χ3v) is 4.99. The topological polar surface area (TPSA) is 71.5 Å². The van der Waals surface area contributed by atoms with Gasteiger partial charge in [-0.25, -0.2) is 4.98 Å². The quantitative estimate of drug-likeness (QED) is 0.732. The number of hydrogen-bond donors (Lipinski definition) is 1. The lowest BCUT2D eigenvalue weighted by Gasteiger charge is -2.21. The fourth-order valence-corrected chi connectivity index (χ4v) is 3.24. The monoisotopic (exact) mass is 375 g/mol. The summed E-state index contributed by atoms with van der Waals surface area (Å²) in [6, 6.07) is 9.84. The normalized spacial score (nSPS) is 10.6. The van der Waals surface area contributed by atoms with E-state index in [4.69, 9.17) is 4.74 Å². The number of nitrogens with one attached hydrogen (secondary N) is 1. The molecule has 6 nitrogen and oxygen atoms in total. The summed E-state index contributed by atoms with van der Waals surface area (Å²) in [5.41, 5.74) is 2.01. The zero-order valence-corrected chi connectivity index (χ0v) is 16.3. The lowest BCUT2D eigenvalue weighted by molar-refractivity contribution is -0.135. The predicted molar refractivity (Wildman–Crippen MR) is 103 cm³/mol. The number of methoxy groups -OCH3 is 1. The molecule has 0 saturated heterocycles. The molecule has 1 aromatic heterocycles. The molecule has 140 valence electrons. The SMILES string of the molecule is COCCN(CC(=O)Nc1nc(C)c(C)s1)C(=O)CCc1ccccc1. The average molecular weight is 375 g/mol. The van der Waals surface area contributed by atoms with Crippen LogP contribution in [0.1, 0.15) is 22.6 Å². The maximum absolute atomic E-state index is 12.5. The van der Waals surface area contributed by atoms with Crippen LogP contribution in [-0.4, -0.2) is 48.5 Å². The van der Waals surface area contributed by atoms with Gasteiger partial charge >= 0.3 is 0 Å². The largest absolute Gasteiger partial charge is 0.383 e. The zero-order valence-electron chi connectivity index (χ0n) is 15.4. The van der Waals surface area contributed by atoms with Crippen LogP contribution in [0, 0.1) is 13.8 Å². The van der Waals surface area contributed by atoms with E-state index in [-0.39, 0.29) is 18.4 Å². The van der Waals surface area contributed by atoms with Gasteiger partial charge in [0.05, 0.1) is 12.3 Å². The van der Waals surface area contributed by atoms with Gasteiger partial charge in [0, 0.05) is 25.0 Å². The third-order valence-electron chi connectivity index (χ3n) is 4.00. The summed E-state index contributed by atoms with van der Waals surface area (Å²) in [5.74, 6) is -0.310. The second-order valence-electron chi connectivity index (χ2n) is 6.00. The summed E-state index contributed by atoms with van der Waals surface area (Å²) in [5, 5.41) is 3.34. The molecule has 7 heteroatoms. The number of amides is 2. The number of thiazole rings is 1. The Bertz CT molecular complexity index is 711. The van der Waals surface area contributed by atoms with Crippen LogP contribution in [0.4, 0.5) is 5.13 Å². The zero-order chi connectivity index (χ0) is 18.9. The Labute approximate surface area is 158 Å². The summed E-state index contributed by atoms with van der Waals surface area (Å²) >= 11 is 1.43. The first kappa shape index (κ1) is 20.1. The van der Waals surface area contributed by atoms with Crippen molar-refractivity contribution in [3.05, 3.63) is 46.5 Å². The molecule has 0 spiro atoms. The summed E-state index contributed by atoms with van der Waals surface area (Å²) in [6.45, 7) is 4.63. The number of rotatable bonds is 9. The molecule has 1 N–H and O–H groups in total. The van der Waals surface area contributed by atoms with Gasteiger partial charge in [0.1, 0.15) is 6.54 Å². The number of hydrogen-bond acceptors (Lipinski definition) is 5. The summed E-state index contributed by atoms with van der Waals surface area (Å²) in [6.07, 6.45) is 1.01. The van der Waals surface area contributed by atoms with Crippen molar-refractivity contribution in [2.45, 2.75) is 26.7 Å². The van der Waals surface area contributed by atoms with Gasteiger partial charge in [0.2, 0.25) is 11.8 Å². The Morgan fingerprint density at radius 1 is 1.23 bits per heavy atom. The number of carbonyl (C=O) groups is 2. The van der Waals surface area contributed by atoms with Crippen molar-refractivity contribution in [3.63, 3.8) is 0 Å². The van der Waals surface area contributed by atoms with E-state index in [1.165, 1.54) is 16.2 Å². The van der Waals surface area contributed by atoms with Crippen LogP contribution < -0.4 is 5.32 Å². The highest BCUT2D eigenvalue weighted by molar-refractivity contribution is 7.15. The minimum Gasteiger partial charge on any atom is -0.383 e. The molecule has 0 saturated carbocycles. The fraction of sp³-hybridized carbons (Fsp3) is 0.421. The number of aryl methyl sites for hydroxylation is 3. The van der Waals surface area contributed by atoms with Crippen molar-refractivity contribution in [1.82, 2.24) is 9.88 Å². The van der Waals surface area contributed by atoms with Gasteiger partial charge in [-0.05, 0) is 25.8 Å². The second-order valence-corrected chi connectivity index (χ2v) is 7.21. The number of ether oxygens (including phenoxy) is 1. The number of nitrogens with zero attached hydrogens (tertiary/aromatic N) is 2. The van der Waals surface area contributed by atoms with Crippen molar-refractivity contribution in [2.75, 3.05) is 32.1 Å². The lowest BCUT2D eigenvalue weighted by atomic mass is 10.1. The maximum atomic E-state index is 12.5. The molecule has 2 aromatic rings. The maximum Gasteiger partial charge on any atom is 0.245 e. The van der Waals surface area contributed by atoms with Crippen molar-refractivity contribution >= 4 is 28.3 Å². The van der Waals surface area contributed by atoms with Crippen LogP contribution in [-0.2, 0) is 20.7 Å². The highest BCUT2D eigenvalue weighted by Gasteiger charge is 2.18. The first-order valence-corrected chi connectivity index (χ1v) is 9.35. The molecule has 0 aliphatic rings. The highest BCUT2D eigenvalue weighted by Crippen LogP contribution is 2.20. The van der Waals surface area contributed by atoms with Gasteiger partial charge in [0.15, 0.2) is 5.13 Å². The smallest absolute Gasteiger partial charge is 0.245 e. The number of aromatic nitrogens is 1. The molecule has 2 amide bonds. The van der Waals surface area contributed by atoms with Crippen LogP contribution >= 0.6 is 11.3 Å². The Morgan fingerprint density at radius 3 is 2.58 bits per heavy atom. The second kappa shape index (κ2) is 10.0. The Hall–Kier alpha value is -2.25. The van der Waals surface area contributed by atoms with Crippen LogP contribution in [0.5, 0.6) is 0 Å². The van der Waals surface area contributed by atoms with Crippen LogP contribution in [0.15, 0.2) is 30.3 Å². The minimum atomic E-state index is -0.247. The summed E-state index contributed by atoms with van der Waals surface area (Å²) in [4.78, 5) is 31.8. The Kier molecular flexibility index (Phi) is 7.74. The summed E-state index contributed by atoms with van der Waals surface area (Å²) < 4.78 is 5.07. The van der Waals surface area contributed by atoms with Gasteiger partial charge in [-0.15, -0.1) is 11.3 Å². The molecule has 0 atom stereocenters. The molecule has 0 radical (unpaired) electrons.